The van der Waals surface area contributed by atoms with Gasteiger partial charge in [-0.2, -0.15) is 4.98 Å². The molecule has 0 atom stereocenters. The quantitative estimate of drug-likeness (QED) is 0.766. The first-order valence-electron chi connectivity index (χ1n) is 6.50. The van der Waals surface area contributed by atoms with Gasteiger partial charge >= 0.3 is 0 Å². The van der Waals surface area contributed by atoms with Gasteiger partial charge in [0.1, 0.15) is 6.29 Å². The number of rotatable bonds is 3. The maximum atomic E-state index is 10.7. The second-order valence-corrected chi connectivity index (χ2v) is 6.01. The van der Waals surface area contributed by atoms with E-state index in [-0.39, 0.29) is 11.3 Å². The first-order chi connectivity index (χ1) is 8.49. The summed E-state index contributed by atoms with van der Waals surface area (Å²) in [7, 11) is 0. The van der Waals surface area contributed by atoms with E-state index < -0.39 is 0 Å². The maximum absolute atomic E-state index is 10.7. The number of hydrogen-bond acceptors (Lipinski definition) is 5. The van der Waals surface area contributed by atoms with Gasteiger partial charge in [-0.15, -0.1) is 0 Å². The molecule has 1 saturated heterocycles. The van der Waals surface area contributed by atoms with Crippen LogP contribution in [0.3, 0.4) is 0 Å². The number of aldehydes is 1. The highest BCUT2D eigenvalue weighted by Gasteiger charge is 2.23. The van der Waals surface area contributed by atoms with E-state index in [9.17, 15) is 4.79 Å². The zero-order valence-electron chi connectivity index (χ0n) is 11.3. The van der Waals surface area contributed by atoms with Crippen LogP contribution in [0, 0.1) is 5.92 Å². The lowest BCUT2D eigenvalue weighted by atomic mass is 9.96. The Morgan fingerprint density at radius 3 is 2.56 bits per heavy atom. The summed E-state index contributed by atoms with van der Waals surface area (Å²) in [5.41, 5.74) is -0.0771. The van der Waals surface area contributed by atoms with Crippen molar-refractivity contribution in [3.8, 4) is 0 Å². The van der Waals surface area contributed by atoms with Gasteiger partial charge in [-0.3, -0.25) is 4.90 Å². The zero-order valence-corrected chi connectivity index (χ0v) is 11.3. The Hall–Kier alpha value is -1.23. The minimum absolute atomic E-state index is 0.0771. The van der Waals surface area contributed by atoms with Crippen LogP contribution < -0.4 is 0 Å². The predicted molar refractivity (Wildman–Crippen MR) is 67.1 cm³/mol. The van der Waals surface area contributed by atoms with Gasteiger partial charge in [0.05, 0.1) is 6.54 Å². The molecule has 0 aliphatic carbocycles. The van der Waals surface area contributed by atoms with Crippen molar-refractivity contribution in [2.45, 2.75) is 45.6 Å². The molecule has 1 fully saturated rings. The van der Waals surface area contributed by atoms with Crippen LogP contribution in [-0.4, -0.2) is 34.4 Å². The number of carbonyl (C=O) groups excluding carboxylic acids is 1. The largest absolute Gasteiger partial charge is 0.338 e. The molecule has 2 rings (SSSR count). The van der Waals surface area contributed by atoms with E-state index in [2.05, 4.69) is 35.8 Å². The van der Waals surface area contributed by atoms with Gasteiger partial charge in [-0.05, 0) is 25.9 Å². The standard InChI is InChI=1S/C13H21N3O2/c1-13(2,3)12-14-11(18-15-12)8-16-6-4-10(9-17)5-7-16/h9-10H,4-8H2,1-3H3. The predicted octanol–water partition coefficient (Wildman–Crippen LogP) is 1.78. The van der Waals surface area contributed by atoms with Crippen molar-refractivity contribution in [1.29, 1.82) is 0 Å². The van der Waals surface area contributed by atoms with Crippen LogP contribution in [0.15, 0.2) is 4.52 Å². The molecule has 1 aliphatic rings. The minimum atomic E-state index is -0.0771. The average Bonchev–Trinajstić information content (AvgIpc) is 2.78. The molecule has 100 valence electrons. The molecular formula is C13H21N3O2. The summed E-state index contributed by atoms with van der Waals surface area (Å²) in [6.07, 6.45) is 2.94. The highest BCUT2D eigenvalue weighted by Crippen LogP contribution is 2.20. The van der Waals surface area contributed by atoms with Crippen molar-refractivity contribution in [2.24, 2.45) is 5.92 Å². The molecule has 5 nitrogen and oxygen atoms in total. The molecule has 1 aliphatic heterocycles. The number of carbonyl (C=O) groups is 1. The number of hydrogen-bond donors (Lipinski definition) is 0. The SMILES string of the molecule is CC(C)(C)c1noc(CN2CCC(C=O)CC2)n1. The summed E-state index contributed by atoms with van der Waals surface area (Å²) in [6, 6.07) is 0. The van der Waals surface area contributed by atoms with Crippen LogP contribution in [0.25, 0.3) is 0 Å². The molecule has 0 unspecified atom stereocenters. The summed E-state index contributed by atoms with van der Waals surface area (Å²) in [5, 5.41) is 4.02. The van der Waals surface area contributed by atoms with E-state index in [4.69, 9.17) is 4.52 Å². The summed E-state index contributed by atoms with van der Waals surface area (Å²) >= 11 is 0. The highest BCUT2D eigenvalue weighted by molar-refractivity contribution is 5.53. The number of aromatic nitrogens is 2. The molecule has 0 saturated carbocycles. The van der Waals surface area contributed by atoms with Gasteiger partial charge in [-0.1, -0.05) is 25.9 Å². The lowest BCUT2D eigenvalue weighted by Crippen LogP contribution is -2.33. The summed E-state index contributed by atoms with van der Waals surface area (Å²) in [4.78, 5) is 17.4. The Labute approximate surface area is 108 Å². The summed E-state index contributed by atoms with van der Waals surface area (Å²) in [6.45, 7) is 8.74. The summed E-state index contributed by atoms with van der Waals surface area (Å²) in [5.74, 6) is 1.65. The van der Waals surface area contributed by atoms with E-state index in [1.54, 1.807) is 0 Å². The normalized spacial score (nSPS) is 19.1. The smallest absolute Gasteiger partial charge is 0.240 e. The van der Waals surface area contributed by atoms with E-state index in [1.165, 1.54) is 0 Å². The van der Waals surface area contributed by atoms with Gasteiger partial charge in [0.15, 0.2) is 5.82 Å². The Bertz CT molecular complexity index is 401. The van der Waals surface area contributed by atoms with Gasteiger partial charge in [0.25, 0.3) is 0 Å². The first-order valence-corrected chi connectivity index (χ1v) is 6.50. The van der Waals surface area contributed by atoms with Crippen LogP contribution >= 0.6 is 0 Å². The van der Waals surface area contributed by atoms with Crippen LogP contribution in [0.1, 0.15) is 45.3 Å². The van der Waals surface area contributed by atoms with E-state index in [0.717, 1.165) is 38.0 Å². The van der Waals surface area contributed by atoms with E-state index in [1.807, 2.05) is 0 Å². The van der Waals surface area contributed by atoms with E-state index in [0.29, 0.717) is 12.4 Å². The Morgan fingerprint density at radius 2 is 2.06 bits per heavy atom. The molecule has 18 heavy (non-hydrogen) atoms. The van der Waals surface area contributed by atoms with Crippen molar-refractivity contribution in [2.75, 3.05) is 13.1 Å². The molecule has 0 aromatic carbocycles. The number of likely N-dealkylation sites (tertiary alicyclic amines) is 1. The fourth-order valence-electron chi connectivity index (χ4n) is 2.06. The monoisotopic (exact) mass is 251 g/mol. The molecule has 0 N–H and O–H groups in total. The Balaban J connectivity index is 1.91. The molecule has 0 bridgehead atoms. The number of nitrogens with zero attached hydrogens (tertiary/aromatic N) is 3. The maximum Gasteiger partial charge on any atom is 0.240 e. The second-order valence-electron chi connectivity index (χ2n) is 6.01. The van der Waals surface area contributed by atoms with Gasteiger partial charge in [0.2, 0.25) is 5.89 Å². The van der Waals surface area contributed by atoms with E-state index >= 15 is 0 Å². The zero-order chi connectivity index (χ0) is 13.2. The molecule has 1 aromatic heterocycles. The fraction of sp³-hybridized carbons (Fsp3) is 0.769. The second kappa shape index (κ2) is 5.18. The van der Waals surface area contributed by atoms with Crippen molar-refractivity contribution < 1.29 is 9.32 Å². The highest BCUT2D eigenvalue weighted by atomic mass is 16.5. The fourth-order valence-corrected chi connectivity index (χ4v) is 2.06. The topological polar surface area (TPSA) is 59.2 Å². The molecule has 1 aromatic rings. The summed E-state index contributed by atoms with van der Waals surface area (Å²) < 4.78 is 5.27. The molecule has 5 heteroatoms. The Morgan fingerprint density at radius 1 is 1.39 bits per heavy atom. The molecule has 0 spiro atoms. The third-order valence-corrected chi connectivity index (χ3v) is 3.32. The van der Waals surface area contributed by atoms with Crippen LogP contribution in [-0.2, 0) is 16.8 Å². The van der Waals surface area contributed by atoms with Crippen LogP contribution in [0.5, 0.6) is 0 Å². The molecule has 0 amide bonds. The molecule has 2 heterocycles. The Kier molecular flexibility index (Phi) is 3.80. The van der Waals surface area contributed by atoms with Gasteiger partial charge in [0, 0.05) is 11.3 Å². The van der Waals surface area contributed by atoms with Crippen molar-refractivity contribution in [3.63, 3.8) is 0 Å². The van der Waals surface area contributed by atoms with Crippen molar-refractivity contribution in [3.05, 3.63) is 11.7 Å². The molecular weight excluding hydrogens is 230 g/mol. The first kappa shape index (κ1) is 13.2. The molecule has 0 radical (unpaired) electrons. The third-order valence-electron chi connectivity index (χ3n) is 3.32. The lowest BCUT2D eigenvalue weighted by Gasteiger charge is -2.28. The number of piperidine rings is 1. The van der Waals surface area contributed by atoms with Crippen LogP contribution in [0.2, 0.25) is 0 Å². The van der Waals surface area contributed by atoms with Gasteiger partial charge < -0.3 is 9.32 Å². The van der Waals surface area contributed by atoms with Crippen LogP contribution in [0.4, 0.5) is 0 Å². The third kappa shape index (κ3) is 3.16. The average molecular weight is 251 g/mol. The minimum Gasteiger partial charge on any atom is -0.338 e. The van der Waals surface area contributed by atoms with Crippen molar-refractivity contribution in [1.82, 2.24) is 15.0 Å². The van der Waals surface area contributed by atoms with Gasteiger partial charge in [-0.25, -0.2) is 0 Å². The lowest BCUT2D eigenvalue weighted by molar-refractivity contribution is -0.112. The van der Waals surface area contributed by atoms with Crippen molar-refractivity contribution >= 4 is 6.29 Å².